The molecule has 0 atom stereocenters. The lowest BCUT2D eigenvalue weighted by molar-refractivity contribution is -0.139. The van der Waals surface area contributed by atoms with Crippen molar-refractivity contribution < 1.29 is 23.0 Å². The fourth-order valence-electron chi connectivity index (χ4n) is 1.61. The van der Waals surface area contributed by atoms with E-state index < -0.39 is 12.6 Å². The van der Waals surface area contributed by atoms with Crippen molar-refractivity contribution in [3.63, 3.8) is 0 Å². The van der Waals surface area contributed by atoms with Crippen molar-refractivity contribution in [3.05, 3.63) is 28.8 Å². The highest BCUT2D eigenvalue weighted by Crippen LogP contribution is 2.26. The Morgan fingerprint density at radius 3 is 2.68 bits per heavy atom. The first-order chi connectivity index (χ1) is 9.03. The maximum atomic E-state index is 12.2. The van der Waals surface area contributed by atoms with Gasteiger partial charge in [0.2, 0.25) is 0 Å². The number of carbonyl (C=O) groups excluding carboxylic acids is 1. The van der Waals surface area contributed by atoms with E-state index in [4.69, 9.17) is 11.0 Å². The standard InChI is InChI=1S/C12H12F2N2O3/c1-18-11(17)4-7-2-3-10(19-12(13)14)9(6-16)8(7)5-15/h2-3,12H,4-5,15H2,1H3. The fraction of sp³-hybridized carbons (Fsp3) is 0.333. The molecule has 2 N–H and O–H groups in total. The van der Waals surface area contributed by atoms with Gasteiger partial charge >= 0.3 is 12.6 Å². The number of hydrogen-bond donors (Lipinski definition) is 1. The van der Waals surface area contributed by atoms with Crippen LogP contribution in [0.4, 0.5) is 8.78 Å². The number of ether oxygens (including phenoxy) is 2. The molecule has 19 heavy (non-hydrogen) atoms. The highest BCUT2D eigenvalue weighted by molar-refractivity contribution is 5.73. The molecule has 0 saturated carbocycles. The second-order valence-corrected chi connectivity index (χ2v) is 3.52. The molecule has 0 amide bonds. The van der Waals surface area contributed by atoms with Crippen LogP contribution in [0, 0.1) is 11.3 Å². The third-order valence-corrected chi connectivity index (χ3v) is 2.47. The molecule has 0 fully saturated rings. The summed E-state index contributed by atoms with van der Waals surface area (Å²) in [6.45, 7) is -3.11. The van der Waals surface area contributed by atoms with E-state index in [2.05, 4.69) is 9.47 Å². The molecule has 0 radical (unpaired) electrons. The Balaban J connectivity index is 3.23. The second-order valence-electron chi connectivity index (χ2n) is 3.52. The summed E-state index contributed by atoms with van der Waals surface area (Å²) in [7, 11) is 1.23. The van der Waals surface area contributed by atoms with E-state index in [1.807, 2.05) is 0 Å². The molecular formula is C12H12F2N2O3. The molecule has 0 heterocycles. The summed E-state index contributed by atoms with van der Waals surface area (Å²) in [5.74, 6) is -0.771. The normalized spacial score (nSPS) is 10.1. The number of nitrogens with two attached hydrogens (primary N) is 1. The maximum Gasteiger partial charge on any atom is 0.387 e. The molecule has 102 valence electrons. The molecule has 0 saturated heterocycles. The number of methoxy groups -OCH3 is 1. The van der Waals surface area contributed by atoms with E-state index in [1.165, 1.54) is 19.2 Å². The molecule has 1 rings (SSSR count). The van der Waals surface area contributed by atoms with Gasteiger partial charge in [-0.25, -0.2) is 0 Å². The van der Waals surface area contributed by atoms with E-state index in [-0.39, 0.29) is 24.3 Å². The van der Waals surface area contributed by atoms with Crippen LogP contribution in [-0.4, -0.2) is 19.7 Å². The van der Waals surface area contributed by atoms with Crippen LogP contribution in [0.25, 0.3) is 0 Å². The largest absolute Gasteiger partial charge is 0.469 e. The van der Waals surface area contributed by atoms with Crippen LogP contribution in [0.1, 0.15) is 16.7 Å². The molecule has 0 aliphatic carbocycles. The summed E-state index contributed by atoms with van der Waals surface area (Å²) >= 11 is 0. The number of carbonyl (C=O) groups is 1. The molecule has 0 bridgehead atoms. The summed E-state index contributed by atoms with van der Waals surface area (Å²) in [6, 6.07) is 4.39. The Morgan fingerprint density at radius 1 is 1.53 bits per heavy atom. The van der Waals surface area contributed by atoms with Crippen LogP contribution < -0.4 is 10.5 Å². The first-order valence-corrected chi connectivity index (χ1v) is 5.30. The summed E-state index contributed by atoms with van der Waals surface area (Å²) < 4.78 is 33.1. The van der Waals surface area contributed by atoms with Gasteiger partial charge in [-0.3, -0.25) is 4.79 Å². The van der Waals surface area contributed by atoms with Crippen molar-refractivity contribution in [2.75, 3.05) is 7.11 Å². The summed E-state index contributed by atoms with van der Waals surface area (Å²) in [5.41, 5.74) is 6.15. The van der Waals surface area contributed by atoms with Crippen molar-refractivity contribution in [1.82, 2.24) is 0 Å². The number of halogens is 2. The van der Waals surface area contributed by atoms with Gasteiger partial charge in [0.05, 0.1) is 19.1 Å². The number of esters is 1. The van der Waals surface area contributed by atoms with Crippen LogP contribution >= 0.6 is 0 Å². The first-order valence-electron chi connectivity index (χ1n) is 5.30. The average Bonchev–Trinajstić information content (AvgIpc) is 2.38. The van der Waals surface area contributed by atoms with Crippen LogP contribution in [0.2, 0.25) is 0 Å². The Bertz CT molecular complexity index is 512. The zero-order chi connectivity index (χ0) is 14.4. The van der Waals surface area contributed by atoms with E-state index >= 15 is 0 Å². The topological polar surface area (TPSA) is 85.3 Å². The summed E-state index contributed by atoms with van der Waals surface area (Å²) in [5, 5.41) is 9.01. The Hall–Kier alpha value is -2.20. The zero-order valence-corrected chi connectivity index (χ0v) is 10.2. The molecule has 0 spiro atoms. The predicted octanol–water partition coefficient (Wildman–Crippen LogP) is 1.33. The zero-order valence-electron chi connectivity index (χ0n) is 10.2. The van der Waals surface area contributed by atoms with Gasteiger partial charge in [0.1, 0.15) is 11.8 Å². The number of hydrogen-bond acceptors (Lipinski definition) is 5. The van der Waals surface area contributed by atoms with Crippen molar-refractivity contribution in [2.24, 2.45) is 5.73 Å². The number of alkyl halides is 2. The average molecular weight is 270 g/mol. The lowest BCUT2D eigenvalue weighted by Crippen LogP contribution is -2.12. The van der Waals surface area contributed by atoms with Crippen molar-refractivity contribution in [2.45, 2.75) is 19.6 Å². The number of benzene rings is 1. The molecule has 1 aromatic rings. The van der Waals surface area contributed by atoms with E-state index in [1.54, 1.807) is 6.07 Å². The van der Waals surface area contributed by atoms with Crippen LogP contribution in [0.15, 0.2) is 12.1 Å². The minimum atomic E-state index is -3.04. The maximum absolute atomic E-state index is 12.2. The van der Waals surface area contributed by atoms with Crippen molar-refractivity contribution >= 4 is 5.97 Å². The first kappa shape index (κ1) is 14.9. The number of nitrogens with zero attached hydrogens (tertiary/aromatic N) is 1. The highest BCUT2D eigenvalue weighted by Gasteiger charge is 2.17. The van der Waals surface area contributed by atoms with Crippen LogP contribution in [-0.2, 0) is 22.5 Å². The van der Waals surface area contributed by atoms with Gasteiger partial charge < -0.3 is 15.2 Å². The molecule has 7 heteroatoms. The Labute approximate surface area is 108 Å². The van der Waals surface area contributed by atoms with Crippen LogP contribution in [0.3, 0.4) is 0 Å². The molecule has 0 unspecified atom stereocenters. The lowest BCUT2D eigenvalue weighted by atomic mass is 9.98. The predicted molar refractivity (Wildman–Crippen MR) is 61.4 cm³/mol. The SMILES string of the molecule is COC(=O)Cc1ccc(OC(F)F)c(C#N)c1CN. The van der Waals surface area contributed by atoms with E-state index in [9.17, 15) is 13.6 Å². The van der Waals surface area contributed by atoms with Crippen molar-refractivity contribution in [3.8, 4) is 11.8 Å². The lowest BCUT2D eigenvalue weighted by Gasteiger charge is -2.13. The minimum absolute atomic E-state index is 0.0738. The van der Waals surface area contributed by atoms with E-state index in [0.717, 1.165) is 0 Å². The van der Waals surface area contributed by atoms with Gasteiger partial charge in [0.25, 0.3) is 0 Å². The molecule has 0 aromatic heterocycles. The van der Waals surface area contributed by atoms with Gasteiger partial charge in [0.15, 0.2) is 0 Å². The third kappa shape index (κ3) is 3.63. The fourth-order valence-corrected chi connectivity index (χ4v) is 1.61. The Kier molecular flexibility index (Phi) is 5.21. The van der Waals surface area contributed by atoms with Gasteiger partial charge in [0, 0.05) is 6.54 Å². The van der Waals surface area contributed by atoms with Gasteiger partial charge in [-0.2, -0.15) is 14.0 Å². The second kappa shape index (κ2) is 6.66. The number of nitriles is 1. The smallest absolute Gasteiger partial charge is 0.387 e. The summed E-state index contributed by atoms with van der Waals surface area (Å²) in [6.07, 6.45) is -0.0906. The molecule has 0 aliphatic heterocycles. The van der Waals surface area contributed by atoms with Gasteiger partial charge in [-0.1, -0.05) is 6.07 Å². The van der Waals surface area contributed by atoms with Gasteiger partial charge in [-0.15, -0.1) is 0 Å². The van der Waals surface area contributed by atoms with Crippen molar-refractivity contribution in [1.29, 1.82) is 5.26 Å². The van der Waals surface area contributed by atoms with Gasteiger partial charge in [-0.05, 0) is 17.2 Å². The molecule has 5 nitrogen and oxygen atoms in total. The van der Waals surface area contributed by atoms with Crippen LogP contribution in [0.5, 0.6) is 5.75 Å². The highest BCUT2D eigenvalue weighted by atomic mass is 19.3. The third-order valence-electron chi connectivity index (χ3n) is 2.47. The minimum Gasteiger partial charge on any atom is -0.469 e. The number of rotatable bonds is 5. The van der Waals surface area contributed by atoms with E-state index in [0.29, 0.717) is 11.1 Å². The molecule has 0 aliphatic rings. The monoisotopic (exact) mass is 270 g/mol. The molecule has 1 aromatic carbocycles. The summed E-state index contributed by atoms with van der Waals surface area (Å²) in [4.78, 5) is 11.2. The Morgan fingerprint density at radius 2 is 2.21 bits per heavy atom. The molecular weight excluding hydrogens is 258 g/mol. The quantitative estimate of drug-likeness (QED) is 0.816.